The molecular weight excluding hydrogens is 280 g/mol. The SMILES string of the molecule is CN1CCC(NS(=O)(=O)c2ccc3[nH]c(=O)[nH]c3c2)C1. The summed E-state index contributed by atoms with van der Waals surface area (Å²) < 4.78 is 27.3. The van der Waals surface area contributed by atoms with E-state index in [4.69, 9.17) is 0 Å². The highest BCUT2D eigenvalue weighted by Gasteiger charge is 2.25. The van der Waals surface area contributed by atoms with Gasteiger partial charge in [0.25, 0.3) is 0 Å². The lowest BCUT2D eigenvalue weighted by Gasteiger charge is -2.13. The Morgan fingerprint density at radius 3 is 2.75 bits per heavy atom. The Morgan fingerprint density at radius 2 is 2.05 bits per heavy atom. The van der Waals surface area contributed by atoms with Gasteiger partial charge in [-0.05, 0) is 38.2 Å². The van der Waals surface area contributed by atoms with Crippen LogP contribution in [0.4, 0.5) is 0 Å². The lowest BCUT2D eigenvalue weighted by atomic mass is 10.3. The van der Waals surface area contributed by atoms with Gasteiger partial charge in [0, 0.05) is 12.6 Å². The summed E-state index contributed by atoms with van der Waals surface area (Å²) in [5, 5.41) is 0. The minimum Gasteiger partial charge on any atom is -0.306 e. The Hall–Kier alpha value is -1.64. The fourth-order valence-electron chi connectivity index (χ4n) is 2.50. The molecule has 3 rings (SSSR count). The van der Waals surface area contributed by atoms with Crippen molar-refractivity contribution in [1.29, 1.82) is 0 Å². The second kappa shape index (κ2) is 4.72. The largest absolute Gasteiger partial charge is 0.323 e. The number of aromatic nitrogens is 2. The number of H-pyrrole nitrogens is 2. The van der Waals surface area contributed by atoms with Crippen LogP contribution in [-0.4, -0.2) is 49.5 Å². The van der Waals surface area contributed by atoms with Crippen LogP contribution in [-0.2, 0) is 10.0 Å². The molecule has 1 aromatic carbocycles. The first-order valence-electron chi connectivity index (χ1n) is 6.37. The molecule has 1 aliphatic heterocycles. The summed E-state index contributed by atoms with van der Waals surface area (Å²) >= 11 is 0. The first kappa shape index (κ1) is 13.3. The maximum Gasteiger partial charge on any atom is 0.323 e. The molecule has 1 aliphatic rings. The smallest absolute Gasteiger partial charge is 0.306 e. The van der Waals surface area contributed by atoms with Crippen LogP contribution in [0.25, 0.3) is 11.0 Å². The van der Waals surface area contributed by atoms with E-state index in [-0.39, 0.29) is 16.6 Å². The molecule has 0 spiro atoms. The number of aromatic amines is 2. The molecule has 1 atom stereocenters. The molecule has 0 aliphatic carbocycles. The molecule has 1 fully saturated rings. The third kappa shape index (κ3) is 2.49. The van der Waals surface area contributed by atoms with Crippen LogP contribution in [0.5, 0.6) is 0 Å². The fraction of sp³-hybridized carbons (Fsp3) is 0.417. The second-order valence-electron chi connectivity index (χ2n) is 5.16. The molecule has 1 unspecified atom stereocenters. The van der Waals surface area contributed by atoms with Gasteiger partial charge in [0.15, 0.2) is 0 Å². The van der Waals surface area contributed by atoms with E-state index in [0.717, 1.165) is 13.0 Å². The van der Waals surface area contributed by atoms with Gasteiger partial charge in [-0.25, -0.2) is 17.9 Å². The maximum atomic E-state index is 12.3. The number of likely N-dealkylation sites (N-methyl/N-ethyl adjacent to an activating group) is 1. The number of fused-ring (bicyclic) bond motifs is 1. The van der Waals surface area contributed by atoms with Crippen molar-refractivity contribution in [3.8, 4) is 0 Å². The summed E-state index contributed by atoms with van der Waals surface area (Å²) in [4.78, 5) is 18.6. The van der Waals surface area contributed by atoms with Crippen LogP contribution in [0.2, 0.25) is 0 Å². The van der Waals surface area contributed by atoms with Crippen molar-refractivity contribution < 1.29 is 8.42 Å². The summed E-state index contributed by atoms with van der Waals surface area (Å²) in [5.74, 6) is 0. The number of rotatable bonds is 3. The van der Waals surface area contributed by atoms with Gasteiger partial charge in [0.05, 0.1) is 15.9 Å². The molecule has 3 N–H and O–H groups in total. The van der Waals surface area contributed by atoms with Gasteiger partial charge in [-0.1, -0.05) is 0 Å². The van der Waals surface area contributed by atoms with Crippen molar-refractivity contribution in [1.82, 2.24) is 19.6 Å². The number of nitrogens with one attached hydrogen (secondary N) is 3. The van der Waals surface area contributed by atoms with Gasteiger partial charge in [0.1, 0.15) is 0 Å². The van der Waals surface area contributed by atoms with Crippen molar-refractivity contribution in [2.75, 3.05) is 20.1 Å². The van der Waals surface area contributed by atoms with Crippen LogP contribution in [0, 0.1) is 0 Å². The van der Waals surface area contributed by atoms with Gasteiger partial charge in [-0.15, -0.1) is 0 Å². The summed E-state index contributed by atoms with van der Waals surface area (Å²) in [7, 11) is -1.60. The zero-order valence-electron chi connectivity index (χ0n) is 11.0. The van der Waals surface area contributed by atoms with Crippen molar-refractivity contribution in [3.05, 3.63) is 28.7 Å². The highest BCUT2D eigenvalue weighted by molar-refractivity contribution is 7.89. The average Bonchev–Trinajstić information content (AvgIpc) is 2.92. The third-order valence-electron chi connectivity index (χ3n) is 3.51. The topological polar surface area (TPSA) is 98.1 Å². The molecule has 0 bridgehead atoms. The molecule has 1 aromatic heterocycles. The molecule has 1 saturated heterocycles. The summed E-state index contributed by atoms with van der Waals surface area (Å²) in [6.45, 7) is 1.60. The Kier molecular flexibility index (Phi) is 3.15. The van der Waals surface area contributed by atoms with E-state index < -0.39 is 10.0 Å². The molecule has 2 aromatic rings. The number of nitrogens with zero attached hydrogens (tertiary/aromatic N) is 1. The summed E-state index contributed by atoms with van der Waals surface area (Å²) in [6.07, 6.45) is 0.805. The van der Waals surface area contributed by atoms with Gasteiger partial charge in [-0.2, -0.15) is 0 Å². The number of hydrogen-bond donors (Lipinski definition) is 3. The van der Waals surface area contributed by atoms with E-state index in [1.807, 2.05) is 7.05 Å². The van der Waals surface area contributed by atoms with Crippen LogP contribution >= 0.6 is 0 Å². The van der Waals surface area contributed by atoms with Crippen LogP contribution in [0.15, 0.2) is 27.9 Å². The zero-order valence-corrected chi connectivity index (χ0v) is 11.8. The van der Waals surface area contributed by atoms with Gasteiger partial charge >= 0.3 is 5.69 Å². The first-order chi connectivity index (χ1) is 9.44. The van der Waals surface area contributed by atoms with Crippen molar-refractivity contribution in [3.63, 3.8) is 0 Å². The molecule has 2 heterocycles. The molecule has 0 amide bonds. The van der Waals surface area contributed by atoms with E-state index in [2.05, 4.69) is 19.6 Å². The quantitative estimate of drug-likeness (QED) is 0.733. The molecule has 8 heteroatoms. The van der Waals surface area contributed by atoms with Crippen molar-refractivity contribution in [2.24, 2.45) is 0 Å². The molecule has 20 heavy (non-hydrogen) atoms. The molecule has 0 radical (unpaired) electrons. The second-order valence-corrected chi connectivity index (χ2v) is 6.87. The highest BCUT2D eigenvalue weighted by Crippen LogP contribution is 2.17. The monoisotopic (exact) mass is 296 g/mol. The lowest BCUT2D eigenvalue weighted by Crippen LogP contribution is -2.36. The fourth-order valence-corrected chi connectivity index (χ4v) is 3.78. The Balaban J connectivity index is 1.90. The lowest BCUT2D eigenvalue weighted by molar-refractivity contribution is 0.407. The maximum absolute atomic E-state index is 12.3. The van der Waals surface area contributed by atoms with E-state index in [0.29, 0.717) is 17.6 Å². The van der Waals surface area contributed by atoms with E-state index in [1.54, 1.807) is 6.07 Å². The predicted molar refractivity (Wildman–Crippen MR) is 75.1 cm³/mol. The Morgan fingerprint density at radius 1 is 1.30 bits per heavy atom. The van der Waals surface area contributed by atoms with Crippen LogP contribution < -0.4 is 10.4 Å². The summed E-state index contributed by atoms with van der Waals surface area (Å²) in [6, 6.07) is 4.48. The molecule has 108 valence electrons. The van der Waals surface area contributed by atoms with Gasteiger partial charge in [-0.3, -0.25) is 0 Å². The van der Waals surface area contributed by atoms with E-state index in [1.165, 1.54) is 12.1 Å². The average molecular weight is 296 g/mol. The Bertz CT molecular complexity index is 792. The van der Waals surface area contributed by atoms with Crippen molar-refractivity contribution in [2.45, 2.75) is 17.4 Å². The van der Waals surface area contributed by atoms with Gasteiger partial charge in [0.2, 0.25) is 10.0 Å². The van der Waals surface area contributed by atoms with Gasteiger partial charge < -0.3 is 14.9 Å². The highest BCUT2D eigenvalue weighted by atomic mass is 32.2. The van der Waals surface area contributed by atoms with E-state index in [9.17, 15) is 13.2 Å². The third-order valence-corrected chi connectivity index (χ3v) is 5.03. The molecule has 0 saturated carbocycles. The van der Waals surface area contributed by atoms with Crippen LogP contribution in [0.1, 0.15) is 6.42 Å². The van der Waals surface area contributed by atoms with Crippen LogP contribution in [0.3, 0.4) is 0 Å². The summed E-state index contributed by atoms with van der Waals surface area (Å²) in [5.41, 5.74) is 0.732. The zero-order chi connectivity index (χ0) is 14.3. The predicted octanol–water partition coefficient (Wildman–Crippen LogP) is -0.161. The number of likely N-dealkylation sites (tertiary alicyclic amines) is 1. The minimum atomic E-state index is -3.56. The standard InChI is InChI=1S/C12H16N4O3S/c1-16-5-4-8(7-16)15-20(18,19)9-2-3-10-11(6-9)14-12(17)13-10/h2-3,6,8,15H,4-5,7H2,1H3,(H2,13,14,17). The number of imidazole rings is 1. The first-order valence-corrected chi connectivity index (χ1v) is 7.85. The normalized spacial score (nSPS) is 20.8. The Labute approximate surface area is 116 Å². The van der Waals surface area contributed by atoms with Crippen molar-refractivity contribution >= 4 is 21.1 Å². The number of hydrogen-bond acceptors (Lipinski definition) is 4. The number of benzene rings is 1. The minimum absolute atomic E-state index is 0.0639. The molecule has 7 nitrogen and oxygen atoms in total. The number of sulfonamides is 1. The van der Waals surface area contributed by atoms with E-state index >= 15 is 0 Å². The molecular formula is C12H16N4O3S.